The van der Waals surface area contributed by atoms with Crippen LogP contribution in [0, 0.1) is 0 Å². The highest BCUT2D eigenvalue weighted by molar-refractivity contribution is 7.90. The minimum Gasteiger partial charge on any atom is -0.399 e. The summed E-state index contributed by atoms with van der Waals surface area (Å²) in [4.78, 5) is 0. The zero-order chi connectivity index (χ0) is 11.1. The molecule has 15 heavy (non-hydrogen) atoms. The van der Waals surface area contributed by atoms with Gasteiger partial charge in [0.05, 0.1) is 5.69 Å². The predicted molar refractivity (Wildman–Crippen MR) is 59.9 cm³/mol. The molecule has 0 radical (unpaired) electrons. The van der Waals surface area contributed by atoms with Crippen molar-refractivity contribution in [3.05, 3.63) is 23.8 Å². The lowest BCUT2D eigenvalue weighted by Gasteiger charge is -2.18. The summed E-state index contributed by atoms with van der Waals surface area (Å²) >= 11 is 0. The third-order valence-electron chi connectivity index (χ3n) is 2.51. The average Bonchev–Trinajstić information content (AvgIpc) is 2.61. The lowest BCUT2D eigenvalue weighted by atomic mass is 10.1. The van der Waals surface area contributed by atoms with Crippen LogP contribution in [0.5, 0.6) is 0 Å². The van der Waals surface area contributed by atoms with Crippen molar-refractivity contribution in [1.29, 1.82) is 0 Å². The molecule has 0 saturated carbocycles. The summed E-state index contributed by atoms with van der Waals surface area (Å²) in [7, 11) is -2.00. The maximum atomic E-state index is 11.6. The highest BCUT2D eigenvalue weighted by atomic mass is 32.2. The van der Waals surface area contributed by atoms with Crippen molar-refractivity contribution in [2.75, 3.05) is 23.6 Å². The molecule has 1 aromatic rings. The van der Waals surface area contributed by atoms with Crippen LogP contribution in [0.15, 0.2) is 18.2 Å². The first-order chi connectivity index (χ1) is 7.04. The summed E-state index contributed by atoms with van der Waals surface area (Å²) in [6, 6.07) is 5.35. The van der Waals surface area contributed by atoms with Crippen molar-refractivity contribution in [3.8, 4) is 0 Å². The van der Waals surface area contributed by atoms with E-state index in [0.29, 0.717) is 17.9 Å². The number of nitrogens with one attached hydrogen (secondary N) is 1. The van der Waals surface area contributed by atoms with E-state index in [1.165, 1.54) is 11.4 Å². The molecule has 0 aromatic heterocycles. The molecule has 0 atom stereocenters. The van der Waals surface area contributed by atoms with Crippen molar-refractivity contribution >= 4 is 21.6 Å². The normalized spacial score (nSPS) is 15.4. The topological polar surface area (TPSA) is 75.4 Å². The van der Waals surface area contributed by atoms with E-state index in [2.05, 4.69) is 4.72 Å². The Hall–Kier alpha value is -1.27. The van der Waals surface area contributed by atoms with Crippen LogP contribution in [0.3, 0.4) is 0 Å². The Morgan fingerprint density at radius 1 is 1.47 bits per heavy atom. The Balaban J connectivity index is 2.49. The second-order valence-corrected chi connectivity index (χ2v) is 5.22. The SMILES string of the molecule is CNS(=O)(=O)N1CCc2ccc(N)cc21. The maximum absolute atomic E-state index is 11.6. The van der Waals surface area contributed by atoms with Crippen molar-refractivity contribution in [1.82, 2.24) is 4.72 Å². The van der Waals surface area contributed by atoms with Crippen LogP contribution in [0.2, 0.25) is 0 Å². The third kappa shape index (κ3) is 1.66. The molecule has 1 heterocycles. The average molecular weight is 227 g/mol. The van der Waals surface area contributed by atoms with Gasteiger partial charge in [-0.25, -0.2) is 4.72 Å². The van der Waals surface area contributed by atoms with E-state index in [4.69, 9.17) is 5.73 Å². The Bertz CT molecular complexity index is 484. The molecular formula is C9H13N3O2S. The van der Waals surface area contributed by atoms with Gasteiger partial charge in [0.25, 0.3) is 0 Å². The Kier molecular flexibility index (Phi) is 2.32. The summed E-state index contributed by atoms with van der Waals surface area (Å²) in [5, 5.41) is 0. The quantitative estimate of drug-likeness (QED) is 0.703. The summed E-state index contributed by atoms with van der Waals surface area (Å²) in [6.07, 6.45) is 0.733. The van der Waals surface area contributed by atoms with E-state index < -0.39 is 10.2 Å². The fraction of sp³-hybridized carbons (Fsp3) is 0.333. The molecule has 82 valence electrons. The van der Waals surface area contributed by atoms with Crippen LogP contribution in [-0.4, -0.2) is 22.0 Å². The minimum atomic E-state index is -3.40. The van der Waals surface area contributed by atoms with Gasteiger partial charge in [0.2, 0.25) is 0 Å². The lowest BCUT2D eigenvalue weighted by molar-refractivity contribution is 0.584. The molecule has 0 amide bonds. The number of nitrogens with zero attached hydrogens (tertiary/aromatic N) is 1. The van der Waals surface area contributed by atoms with E-state index in [1.807, 2.05) is 6.07 Å². The van der Waals surface area contributed by atoms with Gasteiger partial charge in [0, 0.05) is 19.3 Å². The number of nitrogens with two attached hydrogens (primary N) is 1. The maximum Gasteiger partial charge on any atom is 0.301 e. The van der Waals surface area contributed by atoms with Gasteiger partial charge in [-0.3, -0.25) is 4.31 Å². The van der Waals surface area contributed by atoms with E-state index in [0.717, 1.165) is 12.0 Å². The molecule has 6 heteroatoms. The molecule has 2 rings (SSSR count). The zero-order valence-corrected chi connectivity index (χ0v) is 9.21. The molecule has 0 bridgehead atoms. The van der Waals surface area contributed by atoms with Gasteiger partial charge < -0.3 is 5.73 Å². The first kappa shape index (κ1) is 10.3. The standard InChI is InChI=1S/C9H13N3O2S/c1-11-15(13,14)12-5-4-7-2-3-8(10)6-9(7)12/h2-3,6,11H,4-5,10H2,1H3. The van der Waals surface area contributed by atoms with Gasteiger partial charge in [0.15, 0.2) is 0 Å². The molecule has 5 nitrogen and oxygen atoms in total. The first-order valence-corrected chi connectivity index (χ1v) is 6.08. The molecule has 0 aliphatic carbocycles. The number of hydrogen-bond donors (Lipinski definition) is 2. The van der Waals surface area contributed by atoms with E-state index in [-0.39, 0.29) is 0 Å². The fourth-order valence-electron chi connectivity index (χ4n) is 1.73. The van der Waals surface area contributed by atoms with Crippen LogP contribution in [0.25, 0.3) is 0 Å². The molecule has 1 aromatic carbocycles. The number of benzene rings is 1. The van der Waals surface area contributed by atoms with Crippen LogP contribution in [0.1, 0.15) is 5.56 Å². The Morgan fingerprint density at radius 3 is 2.87 bits per heavy atom. The predicted octanol–water partition coefficient (Wildman–Crippen LogP) is 0.0955. The third-order valence-corrected chi connectivity index (χ3v) is 3.99. The molecule has 1 aliphatic heterocycles. The number of hydrogen-bond acceptors (Lipinski definition) is 3. The highest BCUT2D eigenvalue weighted by Crippen LogP contribution is 2.31. The number of fused-ring (bicyclic) bond motifs is 1. The molecule has 0 spiro atoms. The van der Waals surface area contributed by atoms with Crippen molar-refractivity contribution in [2.24, 2.45) is 0 Å². The van der Waals surface area contributed by atoms with Crippen molar-refractivity contribution in [2.45, 2.75) is 6.42 Å². The summed E-state index contributed by atoms with van der Waals surface area (Å²) in [5.74, 6) is 0. The smallest absolute Gasteiger partial charge is 0.301 e. The van der Waals surface area contributed by atoms with Gasteiger partial charge >= 0.3 is 10.2 Å². The zero-order valence-electron chi connectivity index (χ0n) is 8.40. The van der Waals surface area contributed by atoms with Crippen molar-refractivity contribution < 1.29 is 8.42 Å². The van der Waals surface area contributed by atoms with Crippen LogP contribution in [0.4, 0.5) is 11.4 Å². The fourth-order valence-corrected chi connectivity index (χ4v) is 2.71. The molecule has 0 saturated heterocycles. The largest absolute Gasteiger partial charge is 0.399 e. The summed E-state index contributed by atoms with van der Waals surface area (Å²) in [5.41, 5.74) is 7.91. The second kappa shape index (κ2) is 3.39. The Morgan fingerprint density at radius 2 is 2.20 bits per heavy atom. The van der Waals surface area contributed by atoms with Crippen LogP contribution < -0.4 is 14.8 Å². The molecule has 1 aliphatic rings. The van der Waals surface area contributed by atoms with Gasteiger partial charge in [-0.15, -0.1) is 0 Å². The van der Waals surface area contributed by atoms with Gasteiger partial charge in [-0.2, -0.15) is 8.42 Å². The first-order valence-electron chi connectivity index (χ1n) is 4.64. The van der Waals surface area contributed by atoms with E-state index in [9.17, 15) is 8.42 Å². The number of nitrogen functional groups attached to an aromatic ring is 1. The molecule has 0 unspecified atom stereocenters. The minimum absolute atomic E-state index is 0.474. The highest BCUT2D eigenvalue weighted by Gasteiger charge is 2.28. The van der Waals surface area contributed by atoms with Crippen molar-refractivity contribution in [3.63, 3.8) is 0 Å². The second-order valence-electron chi connectivity index (χ2n) is 3.42. The summed E-state index contributed by atoms with van der Waals surface area (Å²) in [6.45, 7) is 0.474. The summed E-state index contributed by atoms with van der Waals surface area (Å²) < 4.78 is 26.9. The molecule has 3 N–H and O–H groups in total. The van der Waals surface area contributed by atoms with Crippen LogP contribution in [-0.2, 0) is 16.6 Å². The monoisotopic (exact) mass is 227 g/mol. The number of rotatable bonds is 2. The molecular weight excluding hydrogens is 214 g/mol. The van der Waals surface area contributed by atoms with Gasteiger partial charge in [0.1, 0.15) is 0 Å². The van der Waals surface area contributed by atoms with Gasteiger partial charge in [-0.1, -0.05) is 6.07 Å². The molecule has 0 fully saturated rings. The Labute approximate surface area is 89.1 Å². The van der Waals surface area contributed by atoms with E-state index in [1.54, 1.807) is 12.1 Å². The number of anilines is 2. The lowest BCUT2D eigenvalue weighted by Crippen LogP contribution is -2.37. The van der Waals surface area contributed by atoms with Crippen LogP contribution >= 0.6 is 0 Å². The van der Waals surface area contributed by atoms with E-state index >= 15 is 0 Å². The van der Waals surface area contributed by atoms with Gasteiger partial charge in [-0.05, 0) is 24.1 Å².